The Bertz CT molecular complexity index is 506. The van der Waals surface area contributed by atoms with Crippen molar-refractivity contribution in [1.82, 2.24) is 19.7 Å². The summed E-state index contributed by atoms with van der Waals surface area (Å²) >= 11 is 0. The minimum atomic E-state index is -0.378. The summed E-state index contributed by atoms with van der Waals surface area (Å²) in [5, 5.41) is 6.39. The number of aryl methyl sites for hydroxylation is 1. The van der Waals surface area contributed by atoms with Gasteiger partial charge in [-0.1, -0.05) is 0 Å². The van der Waals surface area contributed by atoms with Gasteiger partial charge in [0, 0.05) is 19.4 Å². The molecule has 2 rings (SSSR count). The molecule has 0 aliphatic heterocycles. The average molecular weight is 218 g/mol. The molecule has 82 valence electrons. The molecule has 0 bridgehead atoms. The SMILES string of the molecule is Cn1ncc(C(=O)Nc2ncccn2)c1N. The number of hydrogen-bond acceptors (Lipinski definition) is 5. The Morgan fingerprint density at radius 1 is 1.44 bits per heavy atom. The van der Waals surface area contributed by atoms with Crippen molar-refractivity contribution in [2.45, 2.75) is 0 Å². The molecule has 7 nitrogen and oxygen atoms in total. The van der Waals surface area contributed by atoms with E-state index >= 15 is 0 Å². The van der Waals surface area contributed by atoms with Gasteiger partial charge in [-0.3, -0.25) is 14.8 Å². The molecular formula is C9H10N6O. The topological polar surface area (TPSA) is 98.7 Å². The maximum absolute atomic E-state index is 11.7. The summed E-state index contributed by atoms with van der Waals surface area (Å²) in [4.78, 5) is 19.5. The van der Waals surface area contributed by atoms with Gasteiger partial charge in [0.25, 0.3) is 5.91 Å². The number of carbonyl (C=O) groups excluding carboxylic acids is 1. The van der Waals surface area contributed by atoms with E-state index in [2.05, 4.69) is 20.4 Å². The van der Waals surface area contributed by atoms with Crippen molar-refractivity contribution in [3.8, 4) is 0 Å². The van der Waals surface area contributed by atoms with E-state index in [1.54, 1.807) is 13.1 Å². The van der Waals surface area contributed by atoms with Crippen LogP contribution in [0, 0.1) is 0 Å². The lowest BCUT2D eigenvalue weighted by Crippen LogP contribution is -2.15. The quantitative estimate of drug-likeness (QED) is 0.741. The second kappa shape index (κ2) is 3.97. The molecule has 16 heavy (non-hydrogen) atoms. The molecule has 1 amide bonds. The zero-order chi connectivity index (χ0) is 11.5. The van der Waals surface area contributed by atoms with E-state index in [1.165, 1.54) is 23.3 Å². The van der Waals surface area contributed by atoms with Crippen molar-refractivity contribution in [2.75, 3.05) is 11.1 Å². The number of rotatable bonds is 2. The second-order valence-electron chi connectivity index (χ2n) is 3.09. The maximum atomic E-state index is 11.7. The minimum Gasteiger partial charge on any atom is -0.383 e. The minimum absolute atomic E-state index is 0.232. The van der Waals surface area contributed by atoms with Crippen LogP contribution in [0.5, 0.6) is 0 Å². The normalized spacial score (nSPS) is 10.1. The van der Waals surface area contributed by atoms with Crippen LogP contribution in [-0.2, 0) is 7.05 Å². The number of anilines is 2. The van der Waals surface area contributed by atoms with E-state index in [0.717, 1.165) is 0 Å². The van der Waals surface area contributed by atoms with Crippen LogP contribution in [0.3, 0.4) is 0 Å². The Morgan fingerprint density at radius 2 is 2.12 bits per heavy atom. The van der Waals surface area contributed by atoms with Crippen molar-refractivity contribution in [3.63, 3.8) is 0 Å². The number of hydrogen-bond donors (Lipinski definition) is 2. The maximum Gasteiger partial charge on any atom is 0.263 e. The van der Waals surface area contributed by atoms with Gasteiger partial charge in [0.1, 0.15) is 11.4 Å². The van der Waals surface area contributed by atoms with Crippen LogP contribution in [0.2, 0.25) is 0 Å². The molecule has 0 spiro atoms. The van der Waals surface area contributed by atoms with Crippen LogP contribution in [-0.4, -0.2) is 25.7 Å². The van der Waals surface area contributed by atoms with E-state index in [0.29, 0.717) is 11.4 Å². The van der Waals surface area contributed by atoms with Crippen molar-refractivity contribution >= 4 is 17.7 Å². The summed E-state index contributed by atoms with van der Waals surface area (Å²) in [6.45, 7) is 0. The second-order valence-corrected chi connectivity index (χ2v) is 3.09. The largest absolute Gasteiger partial charge is 0.383 e. The van der Waals surface area contributed by atoms with Gasteiger partial charge in [0.15, 0.2) is 0 Å². The fourth-order valence-electron chi connectivity index (χ4n) is 1.15. The van der Waals surface area contributed by atoms with Gasteiger partial charge in [0.2, 0.25) is 5.95 Å². The van der Waals surface area contributed by atoms with E-state index in [-0.39, 0.29) is 11.9 Å². The first-order valence-electron chi connectivity index (χ1n) is 4.54. The highest BCUT2D eigenvalue weighted by molar-refractivity contribution is 6.06. The molecule has 2 heterocycles. The predicted molar refractivity (Wildman–Crippen MR) is 57.6 cm³/mol. The lowest BCUT2D eigenvalue weighted by atomic mass is 10.3. The molecule has 2 aromatic rings. The highest BCUT2D eigenvalue weighted by atomic mass is 16.1. The lowest BCUT2D eigenvalue weighted by Gasteiger charge is -2.01. The Labute approximate surface area is 91.3 Å². The number of nitrogens with two attached hydrogens (primary N) is 1. The van der Waals surface area contributed by atoms with Crippen LogP contribution in [0.4, 0.5) is 11.8 Å². The van der Waals surface area contributed by atoms with Gasteiger partial charge in [-0.05, 0) is 6.07 Å². The predicted octanol–water partition coefficient (Wildman–Crippen LogP) is 0.0446. The van der Waals surface area contributed by atoms with Crippen LogP contribution < -0.4 is 11.1 Å². The number of nitrogen functional groups attached to an aromatic ring is 1. The van der Waals surface area contributed by atoms with Crippen LogP contribution in [0.25, 0.3) is 0 Å². The zero-order valence-corrected chi connectivity index (χ0v) is 8.58. The fourth-order valence-corrected chi connectivity index (χ4v) is 1.15. The summed E-state index contributed by atoms with van der Waals surface area (Å²) in [6, 6.07) is 1.66. The molecule has 3 N–H and O–H groups in total. The smallest absolute Gasteiger partial charge is 0.263 e. The molecule has 0 saturated heterocycles. The Hall–Kier alpha value is -2.44. The van der Waals surface area contributed by atoms with Gasteiger partial charge in [-0.25, -0.2) is 9.97 Å². The van der Waals surface area contributed by atoms with Crippen molar-refractivity contribution in [3.05, 3.63) is 30.2 Å². The zero-order valence-electron chi connectivity index (χ0n) is 8.58. The third-order valence-corrected chi connectivity index (χ3v) is 2.02. The van der Waals surface area contributed by atoms with Crippen LogP contribution in [0.15, 0.2) is 24.7 Å². The van der Waals surface area contributed by atoms with Crippen molar-refractivity contribution < 1.29 is 4.79 Å². The Morgan fingerprint density at radius 3 is 2.69 bits per heavy atom. The van der Waals surface area contributed by atoms with Crippen molar-refractivity contribution in [1.29, 1.82) is 0 Å². The summed E-state index contributed by atoms with van der Waals surface area (Å²) in [5.74, 6) is 0.154. The monoisotopic (exact) mass is 218 g/mol. The molecule has 0 aliphatic carbocycles. The standard InChI is InChI=1S/C9H10N6O/c1-15-7(10)6(5-13-15)8(16)14-9-11-3-2-4-12-9/h2-5H,10H2,1H3,(H,11,12,14,16). The summed E-state index contributed by atoms with van der Waals surface area (Å²) in [6.07, 6.45) is 4.47. The Balaban J connectivity index is 2.18. The third-order valence-electron chi connectivity index (χ3n) is 2.02. The lowest BCUT2D eigenvalue weighted by molar-refractivity contribution is 0.102. The number of nitrogens with one attached hydrogen (secondary N) is 1. The van der Waals surface area contributed by atoms with Gasteiger partial charge in [-0.2, -0.15) is 5.10 Å². The first kappa shape index (κ1) is 10.1. The number of carbonyl (C=O) groups is 1. The third kappa shape index (κ3) is 1.83. The van der Waals surface area contributed by atoms with Gasteiger partial charge < -0.3 is 5.73 Å². The van der Waals surface area contributed by atoms with E-state index < -0.39 is 0 Å². The fraction of sp³-hybridized carbons (Fsp3) is 0.111. The molecule has 0 atom stereocenters. The molecule has 0 saturated carbocycles. The molecular weight excluding hydrogens is 208 g/mol. The molecule has 7 heteroatoms. The summed E-state index contributed by atoms with van der Waals surface area (Å²) < 4.78 is 1.42. The van der Waals surface area contributed by atoms with E-state index in [1.807, 2.05) is 0 Å². The van der Waals surface area contributed by atoms with Gasteiger partial charge in [0.05, 0.1) is 6.20 Å². The summed E-state index contributed by atoms with van der Waals surface area (Å²) in [7, 11) is 1.66. The molecule has 0 fully saturated rings. The van der Waals surface area contributed by atoms with E-state index in [9.17, 15) is 4.79 Å². The molecule has 2 aromatic heterocycles. The average Bonchev–Trinajstić information content (AvgIpc) is 2.61. The number of aromatic nitrogens is 4. The van der Waals surface area contributed by atoms with Gasteiger partial charge >= 0.3 is 0 Å². The number of amides is 1. The van der Waals surface area contributed by atoms with Crippen molar-refractivity contribution in [2.24, 2.45) is 7.05 Å². The Kier molecular flexibility index (Phi) is 2.50. The first-order chi connectivity index (χ1) is 7.68. The van der Waals surface area contributed by atoms with Gasteiger partial charge in [-0.15, -0.1) is 0 Å². The first-order valence-corrected chi connectivity index (χ1v) is 4.54. The number of nitrogens with zero attached hydrogens (tertiary/aromatic N) is 4. The highest BCUT2D eigenvalue weighted by Gasteiger charge is 2.14. The van der Waals surface area contributed by atoms with Crippen LogP contribution in [0.1, 0.15) is 10.4 Å². The molecule has 0 radical (unpaired) electrons. The summed E-state index contributed by atoms with van der Waals surface area (Å²) in [5.41, 5.74) is 5.96. The van der Waals surface area contributed by atoms with E-state index in [4.69, 9.17) is 5.73 Å². The van der Waals surface area contributed by atoms with Crippen LogP contribution >= 0.6 is 0 Å². The molecule has 0 unspecified atom stereocenters. The molecule has 0 aliphatic rings. The molecule has 0 aromatic carbocycles. The highest BCUT2D eigenvalue weighted by Crippen LogP contribution is 2.10.